The topological polar surface area (TPSA) is 132 Å². The number of hydrogen-bond acceptors (Lipinski definition) is 6. The third-order valence-electron chi connectivity index (χ3n) is 6.24. The Morgan fingerprint density at radius 2 is 1.88 bits per heavy atom. The maximum atomic E-state index is 13.1. The largest absolute Gasteiger partial charge is 0.497 e. The lowest BCUT2D eigenvalue weighted by Crippen LogP contribution is -2.52. The minimum absolute atomic E-state index is 0.0191. The predicted octanol–water partition coefficient (Wildman–Crippen LogP) is 1.37. The second-order valence-corrected chi connectivity index (χ2v) is 8.14. The summed E-state index contributed by atoms with van der Waals surface area (Å²) in [6, 6.07) is 11.8. The second-order valence-electron chi connectivity index (χ2n) is 8.14. The first-order valence-corrected chi connectivity index (χ1v) is 10.3. The Hall–Kier alpha value is -4.34. The van der Waals surface area contributed by atoms with Gasteiger partial charge in [-0.2, -0.15) is 5.10 Å². The van der Waals surface area contributed by atoms with Crippen molar-refractivity contribution in [2.24, 2.45) is 7.05 Å². The van der Waals surface area contributed by atoms with Gasteiger partial charge in [0.05, 0.1) is 19.9 Å². The minimum atomic E-state index is -1.42. The summed E-state index contributed by atoms with van der Waals surface area (Å²) in [4.78, 5) is 39.8. The Labute approximate surface area is 189 Å². The number of benzene rings is 2. The molecule has 0 spiro atoms. The number of amides is 4. The molecule has 1 fully saturated rings. The number of imide groups is 1. The first-order chi connectivity index (χ1) is 15.8. The molecule has 4 amide bonds. The summed E-state index contributed by atoms with van der Waals surface area (Å²) >= 11 is 0. The third-order valence-corrected chi connectivity index (χ3v) is 6.24. The molecule has 0 bridgehead atoms. The van der Waals surface area contributed by atoms with Crippen LogP contribution in [0.25, 0.3) is 11.1 Å². The van der Waals surface area contributed by atoms with Crippen LogP contribution in [0, 0.1) is 0 Å². The van der Waals surface area contributed by atoms with Gasteiger partial charge in [0.1, 0.15) is 11.6 Å². The van der Waals surface area contributed by atoms with E-state index in [0.717, 1.165) is 16.7 Å². The van der Waals surface area contributed by atoms with E-state index >= 15 is 0 Å². The SMILES string of the molecule is COc1ccc2c(c1)C(=O)N(C[C@@]1(c3ccc(-c4cnn(C)c4N)cc3)NC(=O)NC1=O)C2. The first-order valence-electron chi connectivity index (χ1n) is 10.3. The maximum Gasteiger partial charge on any atom is 0.322 e. The highest BCUT2D eigenvalue weighted by molar-refractivity contribution is 6.08. The average Bonchev–Trinajstić information content (AvgIpc) is 3.41. The average molecular weight is 446 g/mol. The molecular formula is C23H22N6O4. The van der Waals surface area contributed by atoms with Gasteiger partial charge in [0.25, 0.3) is 11.8 Å². The zero-order chi connectivity index (χ0) is 23.3. The van der Waals surface area contributed by atoms with Crippen LogP contribution < -0.4 is 21.1 Å². The number of hydrogen-bond donors (Lipinski definition) is 3. The molecule has 3 aromatic rings. The van der Waals surface area contributed by atoms with Crippen LogP contribution in [0.5, 0.6) is 5.75 Å². The fourth-order valence-corrected chi connectivity index (χ4v) is 4.38. The molecule has 0 saturated carbocycles. The fourth-order valence-electron chi connectivity index (χ4n) is 4.38. The van der Waals surface area contributed by atoms with E-state index in [4.69, 9.17) is 10.5 Å². The molecule has 1 aromatic heterocycles. The Balaban J connectivity index is 1.49. The molecule has 1 saturated heterocycles. The van der Waals surface area contributed by atoms with Crippen LogP contribution >= 0.6 is 0 Å². The number of carbonyl (C=O) groups excluding carboxylic acids is 3. The number of nitrogen functional groups attached to an aromatic ring is 1. The summed E-state index contributed by atoms with van der Waals surface area (Å²) in [6.07, 6.45) is 1.67. The third kappa shape index (κ3) is 3.18. The van der Waals surface area contributed by atoms with Crippen molar-refractivity contribution in [3.8, 4) is 16.9 Å². The highest BCUT2D eigenvalue weighted by Gasteiger charge is 2.50. The van der Waals surface area contributed by atoms with Gasteiger partial charge < -0.3 is 20.7 Å². The van der Waals surface area contributed by atoms with Crippen LogP contribution in [-0.4, -0.2) is 46.2 Å². The number of methoxy groups -OCH3 is 1. The van der Waals surface area contributed by atoms with Gasteiger partial charge in [-0.15, -0.1) is 0 Å². The number of nitrogens with two attached hydrogens (primary N) is 1. The minimum Gasteiger partial charge on any atom is -0.497 e. The van der Waals surface area contributed by atoms with Crippen molar-refractivity contribution in [2.75, 3.05) is 19.4 Å². The van der Waals surface area contributed by atoms with Gasteiger partial charge >= 0.3 is 6.03 Å². The molecule has 0 aliphatic carbocycles. The van der Waals surface area contributed by atoms with Crippen LogP contribution in [-0.2, 0) is 23.9 Å². The molecule has 2 aliphatic heterocycles. The van der Waals surface area contributed by atoms with Crippen LogP contribution in [0.3, 0.4) is 0 Å². The number of ether oxygens (including phenoxy) is 1. The van der Waals surface area contributed by atoms with Gasteiger partial charge in [0.15, 0.2) is 5.54 Å². The van der Waals surface area contributed by atoms with Gasteiger partial charge in [-0.3, -0.25) is 19.6 Å². The summed E-state index contributed by atoms with van der Waals surface area (Å²) in [7, 11) is 3.29. The van der Waals surface area contributed by atoms with Crippen molar-refractivity contribution >= 4 is 23.7 Å². The molecule has 0 radical (unpaired) electrons. The van der Waals surface area contributed by atoms with Crippen LogP contribution in [0.2, 0.25) is 0 Å². The van der Waals surface area contributed by atoms with Gasteiger partial charge in [-0.25, -0.2) is 4.79 Å². The molecule has 4 N–H and O–H groups in total. The highest BCUT2D eigenvalue weighted by Crippen LogP contribution is 2.34. The number of nitrogens with one attached hydrogen (secondary N) is 2. The number of anilines is 1. The van der Waals surface area contributed by atoms with E-state index in [1.807, 2.05) is 18.2 Å². The van der Waals surface area contributed by atoms with Crippen molar-refractivity contribution in [3.63, 3.8) is 0 Å². The Kier molecular flexibility index (Phi) is 4.59. The summed E-state index contributed by atoms with van der Waals surface area (Å²) in [5.41, 5.74) is 8.15. The molecule has 0 unspecified atom stereocenters. The van der Waals surface area contributed by atoms with Crippen LogP contribution in [0.15, 0.2) is 48.7 Å². The standard InChI is InChI=1S/C23H22N6O4/c1-28-19(24)18(10-25-28)13-3-6-15(7-4-13)23(21(31)26-22(32)27-23)12-29-11-14-5-8-16(33-2)9-17(14)20(29)30/h3-10H,11-12,24H2,1-2H3,(H2,26,27,31,32)/t23-/m0/s1. The number of aryl methyl sites for hydroxylation is 1. The van der Waals surface area contributed by atoms with E-state index in [1.165, 1.54) is 7.11 Å². The molecule has 1 atom stereocenters. The normalized spacial score (nSPS) is 19.5. The van der Waals surface area contributed by atoms with E-state index in [9.17, 15) is 14.4 Å². The molecule has 2 aliphatic rings. The van der Waals surface area contributed by atoms with Crippen molar-refractivity contribution < 1.29 is 19.1 Å². The zero-order valence-electron chi connectivity index (χ0n) is 18.1. The van der Waals surface area contributed by atoms with Crippen molar-refractivity contribution in [1.82, 2.24) is 25.3 Å². The van der Waals surface area contributed by atoms with Crippen molar-refractivity contribution in [2.45, 2.75) is 12.1 Å². The summed E-state index contributed by atoms with van der Waals surface area (Å²) in [5.74, 6) is 0.357. The van der Waals surface area contributed by atoms with E-state index in [-0.39, 0.29) is 12.5 Å². The van der Waals surface area contributed by atoms with Crippen molar-refractivity contribution in [1.29, 1.82) is 0 Å². The number of carbonyl (C=O) groups is 3. The highest BCUT2D eigenvalue weighted by atomic mass is 16.5. The Morgan fingerprint density at radius 1 is 1.12 bits per heavy atom. The molecule has 33 heavy (non-hydrogen) atoms. The predicted molar refractivity (Wildman–Crippen MR) is 119 cm³/mol. The molecule has 5 rings (SSSR count). The Morgan fingerprint density at radius 3 is 2.48 bits per heavy atom. The van der Waals surface area contributed by atoms with Crippen LogP contribution in [0.1, 0.15) is 21.5 Å². The summed E-state index contributed by atoms with van der Waals surface area (Å²) in [5, 5.41) is 9.21. The van der Waals surface area contributed by atoms with Crippen LogP contribution in [0.4, 0.5) is 10.6 Å². The smallest absolute Gasteiger partial charge is 0.322 e. The zero-order valence-corrected chi connectivity index (χ0v) is 18.1. The number of rotatable bonds is 5. The number of nitrogens with zero attached hydrogens (tertiary/aromatic N) is 3. The van der Waals surface area contributed by atoms with Gasteiger partial charge in [-0.1, -0.05) is 30.3 Å². The van der Waals surface area contributed by atoms with E-state index in [0.29, 0.717) is 29.2 Å². The van der Waals surface area contributed by atoms with E-state index in [2.05, 4.69) is 15.7 Å². The molecule has 10 nitrogen and oxygen atoms in total. The molecule has 10 heteroatoms. The summed E-state index contributed by atoms with van der Waals surface area (Å²) in [6.45, 7) is 0.308. The molecule has 3 heterocycles. The van der Waals surface area contributed by atoms with E-state index in [1.54, 1.807) is 47.1 Å². The summed E-state index contributed by atoms with van der Waals surface area (Å²) < 4.78 is 6.80. The number of fused-ring (bicyclic) bond motifs is 1. The molecule has 168 valence electrons. The lowest BCUT2D eigenvalue weighted by molar-refractivity contribution is -0.124. The monoisotopic (exact) mass is 446 g/mol. The first kappa shape index (κ1) is 20.6. The lowest BCUT2D eigenvalue weighted by atomic mass is 9.88. The Bertz CT molecular complexity index is 1300. The number of urea groups is 1. The number of aromatic nitrogens is 2. The van der Waals surface area contributed by atoms with Gasteiger partial charge in [0.2, 0.25) is 0 Å². The maximum absolute atomic E-state index is 13.1. The van der Waals surface area contributed by atoms with E-state index < -0.39 is 17.5 Å². The van der Waals surface area contributed by atoms with Crippen molar-refractivity contribution in [3.05, 3.63) is 65.4 Å². The van der Waals surface area contributed by atoms with Gasteiger partial charge in [-0.05, 0) is 28.8 Å². The molecular weight excluding hydrogens is 424 g/mol. The van der Waals surface area contributed by atoms with Gasteiger partial charge in [0, 0.05) is 24.7 Å². The lowest BCUT2D eigenvalue weighted by Gasteiger charge is -2.31. The fraction of sp³-hybridized carbons (Fsp3) is 0.217. The molecule has 2 aromatic carbocycles. The quantitative estimate of drug-likeness (QED) is 0.507. The second kappa shape index (κ2) is 7.37.